The van der Waals surface area contributed by atoms with Crippen molar-refractivity contribution in [3.05, 3.63) is 0 Å². The summed E-state index contributed by atoms with van der Waals surface area (Å²) in [4.78, 5) is 0. The molecule has 0 amide bonds. The highest BCUT2D eigenvalue weighted by molar-refractivity contribution is 7.81. The molecule has 10 unspecified atom stereocenters. The smallest absolute Gasteiger partial charge is 0.394 e. The van der Waals surface area contributed by atoms with Crippen LogP contribution in [0.3, 0.4) is 0 Å². The van der Waals surface area contributed by atoms with E-state index >= 15 is 0 Å². The molecule has 0 radical (unpaired) electrons. The van der Waals surface area contributed by atoms with Crippen molar-refractivity contribution in [2.24, 2.45) is 0 Å². The molecule has 3 aliphatic heterocycles. The van der Waals surface area contributed by atoms with Crippen LogP contribution in [0, 0.1) is 0 Å². The average molecular weight is 512 g/mol. The van der Waals surface area contributed by atoms with E-state index in [1.54, 1.807) is 0 Å². The van der Waals surface area contributed by atoms with Gasteiger partial charge in [-0.3, -0.25) is 9.11 Å². The molecule has 2 bridgehead atoms. The van der Waals surface area contributed by atoms with Crippen molar-refractivity contribution in [3.8, 4) is 0 Å². The van der Waals surface area contributed by atoms with Gasteiger partial charge in [-0.15, -0.1) is 0 Å². The van der Waals surface area contributed by atoms with Crippen LogP contribution >= 0.6 is 0 Å². The first-order valence-electron chi connectivity index (χ1n) is 9.12. The molecule has 0 spiro atoms. The molecule has 3 rings (SSSR count). The Bertz CT molecular complexity index is 847. The van der Waals surface area contributed by atoms with Crippen molar-refractivity contribution >= 4 is 20.8 Å². The molecule has 0 aromatic carbocycles. The maximum atomic E-state index is 11.2. The molecule has 188 valence electrons. The third kappa shape index (κ3) is 5.73. The van der Waals surface area contributed by atoms with Crippen LogP contribution in [0.4, 0.5) is 0 Å². The fourth-order valence-corrected chi connectivity index (χ4v) is 4.84. The van der Waals surface area contributed by atoms with Gasteiger partial charge in [0.15, 0.2) is 18.7 Å². The van der Waals surface area contributed by atoms with E-state index in [-0.39, 0.29) is 6.61 Å². The van der Waals surface area contributed by atoms with Gasteiger partial charge in [-0.25, -0.2) is 8.37 Å². The number of methoxy groups -OCH3 is 2. The number of ether oxygens (including phenoxy) is 6. The van der Waals surface area contributed by atoms with Crippen molar-refractivity contribution < 1.29 is 72.9 Å². The minimum absolute atomic E-state index is 0.0883. The van der Waals surface area contributed by atoms with Crippen LogP contribution in [-0.4, -0.2) is 125 Å². The van der Waals surface area contributed by atoms with E-state index in [0.717, 1.165) is 7.11 Å². The van der Waals surface area contributed by atoms with E-state index in [0.29, 0.717) is 0 Å². The van der Waals surface area contributed by atoms with E-state index < -0.39 is 88.8 Å². The van der Waals surface area contributed by atoms with Crippen LogP contribution < -0.4 is 0 Å². The molecular weight excluding hydrogens is 488 g/mol. The summed E-state index contributed by atoms with van der Waals surface area (Å²) in [5, 5.41) is 20.2. The molecule has 3 aliphatic rings. The van der Waals surface area contributed by atoms with E-state index in [4.69, 9.17) is 37.5 Å². The Hall–Kier alpha value is -0.580. The van der Waals surface area contributed by atoms with Gasteiger partial charge >= 0.3 is 20.8 Å². The first-order valence-corrected chi connectivity index (χ1v) is 11.9. The molecule has 3 fully saturated rings. The lowest BCUT2D eigenvalue weighted by Crippen LogP contribution is -2.63. The van der Waals surface area contributed by atoms with Gasteiger partial charge in [-0.1, -0.05) is 0 Å². The summed E-state index contributed by atoms with van der Waals surface area (Å²) in [6.45, 7) is -0.896. The minimum Gasteiger partial charge on any atom is -0.394 e. The quantitative estimate of drug-likeness (QED) is 0.221. The highest BCUT2D eigenvalue weighted by Gasteiger charge is 2.57. The molecule has 18 heteroatoms. The fraction of sp³-hybridized carbons (Fsp3) is 1.00. The fourth-order valence-electron chi connectivity index (χ4n) is 3.84. The predicted molar refractivity (Wildman–Crippen MR) is 95.7 cm³/mol. The number of hydrogen-bond donors (Lipinski definition) is 4. The monoisotopic (exact) mass is 512 g/mol. The van der Waals surface area contributed by atoms with E-state index in [1.165, 1.54) is 7.11 Å². The van der Waals surface area contributed by atoms with Gasteiger partial charge in [-0.2, -0.15) is 16.8 Å². The van der Waals surface area contributed by atoms with Gasteiger partial charge in [-0.05, 0) is 0 Å². The summed E-state index contributed by atoms with van der Waals surface area (Å²) in [5.41, 5.74) is 0. The number of fused-ring (bicyclic) bond motifs is 2. The lowest BCUT2D eigenvalue weighted by molar-refractivity contribution is -0.336. The Labute approximate surface area is 183 Å². The molecule has 0 aromatic rings. The van der Waals surface area contributed by atoms with Gasteiger partial charge in [0.2, 0.25) is 0 Å². The van der Waals surface area contributed by atoms with Gasteiger partial charge < -0.3 is 38.6 Å². The summed E-state index contributed by atoms with van der Waals surface area (Å²) in [6, 6.07) is 0. The molecular formula is C14H24O16S2. The van der Waals surface area contributed by atoms with Crippen LogP contribution in [0.2, 0.25) is 0 Å². The second kappa shape index (κ2) is 9.96. The summed E-state index contributed by atoms with van der Waals surface area (Å²) >= 11 is 0. The maximum absolute atomic E-state index is 11.2. The molecule has 0 aliphatic carbocycles. The topological polar surface area (TPSA) is 223 Å². The third-order valence-electron chi connectivity index (χ3n) is 5.10. The Morgan fingerprint density at radius 1 is 0.875 bits per heavy atom. The predicted octanol–water partition coefficient (Wildman–Crippen LogP) is -3.39. The first kappa shape index (κ1) is 26.0. The van der Waals surface area contributed by atoms with Crippen LogP contribution in [0.25, 0.3) is 0 Å². The van der Waals surface area contributed by atoms with Crippen molar-refractivity contribution in [1.29, 1.82) is 0 Å². The van der Waals surface area contributed by atoms with Crippen LogP contribution in [0.15, 0.2) is 0 Å². The molecule has 3 saturated heterocycles. The standard InChI is InChI=1S/C14H24O16S2/c1-23-10-7(16)13(26-5(3-15)9(10)29-31(17,18)19)28-8-6-4-25-11(8)12(14(24-2)27-6)30-32(20,21)22/h5-16H,3-4H2,1-2H3,(H,17,18,19)(H,20,21,22). The molecule has 3 heterocycles. The Kier molecular flexibility index (Phi) is 8.10. The lowest BCUT2D eigenvalue weighted by Gasteiger charge is -2.45. The van der Waals surface area contributed by atoms with Crippen LogP contribution in [0.5, 0.6) is 0 Å². The first-order chi connectivity index (χ1) is 14.9. The normalized spacial score (nSPS) is 42.8. The van der Waals surface area contributed by atoms with E-state index in [2.05, 4.69) is 8.37 Å². The van der Waals surface area contributed by atoms with Gasteiger partial charge in [0.1, 0.15) is 42.7 Å². The second-order valence-corrected chi connectivity index (χ2v) is 9.17. The number of aliphatic hydroxyl groups is 2. The Morgan fingerprint density at radius 3 is 2.03 bits per heavy atom. The van der Waals surface area contributed by atoms with Gasteiger partial charge in [0.25, 0.3) is 0 Å². The number of hydrogen-bond acceptors (Lipinski definition) is 14. The summed E-state index contributed by atoms with van der Waals surface area (Å²) in [7, 11) is -7.60. The minimum atomic E-state index is -4.99. The molecule has 0 saturated carbocycles. The molecule has 0 aromatic heterocycles. The van der Waals surface area contributed by atoms with Crippen molar-refractivity contribution in [3.63, 3.8) is 0 Å². The van der Waals surface area contributed by atoms with Gasteiger partial charge in [0, 0.05) is 14.2 Å². The van der Waals surface area contributed by atoms with Crippen LogP contribution in [-0.2, 0) is 57.6 Å². The summed E-state index contributed by atoms with van der Waals surface area (Å²) in [5.74, 6) is 0. The Balaban J connectivity index is 1.80. The Morgan fingerprint density at radius 2 is 1.50 bits per heavy atom. The SMILES string of the molecule is COC1OC2COC(C2OC2OC(CO)C(OS(=O)(=O)O)C(OC)C2O)C1OS(=O)(=O)O. The lowest BCUT2D eigenvalue weighted by atomic mass is 9.98. The van der Waals surface area contributed by atoms with Crippen molar-refractivity contribution in [2.75, 3.05) is 27.4 Å². The zero-order chi connectivity index (χ0) is 23.8. The third-order valence-corrected chi connectivity index (χ3v) is 6.03. The van der Waals surface area contributed by atoms with Crippen LogP contribution in [0.1, 0.15) is 0 Å². The highest BCUT2D eigenvalue weighted by Crippen LogP contribution is 2.37. The zero-order valence-electron chi connectivity index (χ0n) is 16.7. The molecule has 16 nitrogen and oxygen atoms in total. The van der Waals surface area contributed by atoms with Gasteiger partial charge in [0.05, 0.1) is 13.2 Å². The largest absolute Gasteiger partial charge is 0.397 e. The highest BCUT2D eigenvalue weighted by atomic mass is 32.3. The molecule has 32 heavy (non-hydrogen) atoms. The number of rotatable bonds is 9. The second-order valence-electron chi connectivity index (χ2n) is 7.07. The zero-order valence-corrected chi connectivity index (χ0v) is 18.3. The van der Waals surface area contributed by atoms with E-state index in [9.17, 15) is 27.0 Å². The summed E-state index contributed by atoms with van der Waals surface area (Å²) < 4.78 is 104. The molecule has 10 atom stereocenters. The average Bonchev–Trinajstić information content (AvgIpc) is 2.97. The van der Waals surface area contributed by atoms with Crippen molar-refractivity contribution in [2.45, 2.75) is 61.4 Å². The molecule has 4 N–H and O–H groups in total. The number of aliphatic hydroxyl groups excluding tert-OH is 2. The summed E-state index contributed by atoms with van der Waals surface area (Å²) in [6.07, 6.45) is -13.6. The van der Waals surface area contributed by atoms with Crippen molar-refractivity contribution in [1.82, 2.24) is 0 Å². The maximum Gasteiger partial charge on any atom is 0.397 e. The van der Waals surface area contributed by atoms with E-state index in [1.807, 2.05) is 0 Å².